The van der Waals surface area contributed by atoms with Crippen LogP contribution in [0.2, 0.25) is 0 Å². The van der Waals surface area contributed by atoms with E-state index in [-0.39, 0.29) is 11.0 Å². The smallest absolute Gasteiger partial charge is 0.433 e. The van der Waals surface area contributed by atoms with Gasteiger partial charge in [0.05, 0.1) is 25.1 Å². The van der Waals surface area contributed by atoms with Crippen LogP contribution in [0, 0.1) is 40.5 Å². The lowest BCUT2D eigenvalue weighted by atomic mass is 10.1. The van der Waals surface area contributed by atoms with Gasteiger partial charge in [0.1, 0.15) is 5.58 Å². The summed E-state index contributed by atoms with van der Waals surface area (Å²) in [5.41, 5.74) is -9.08. The van der Waals surface area contributed by atoms with E-state index in [2.05, 4.69) is 0 Å². The summed E-state index contributed by atoms with van der Waals surface area (Å²) in [6.45, 7) is 0. The molecule has 0 aliphatic carbocycles. The van der Waals surface area contributed by atoms with E-state index in [1.807, 2.05) is 0 Å². The Kier molecular flexibility index (Phi) is 3.72. The van der Waals surface area contributed by atoms with E-state index in [0.717, 1.165) is 0 Å². The first-order chi connectivity index (χ1) is 12.7. The van der Waals surface area contributed by atoms with Crippen molar-refractivity contribution in [2.75, 3.05) is 0 Å². The molecular formula is C13H4N4O10. The Morgan fingerprint density at radius 1 is 0.704 bits per heavy atom. The fraction of sp³-hybridized carbons (Fsp3) is 0. The van der Waals surface area contributed by atoms with Crippen molar-refractivity contribution in [1.82, 2.24) is 0 Å². The second kappa shape index (κ2) is 5.80. The van der Waals surface area contributed by atoms with Crippen molar-refractivity contribution in [3.8, 4) is 0 Å². The normalized spacial score (nSPS) is 10.8. The van der Waals surface area contributed by atoms with Crippen molar-refractivity contribution in [2.24, 2.45) is 0 Å². The second-order valence-corrected chi connectivity index (χ2v) is 5.05. The minimum absolute atomic E-state index is 0.240. The Bertz CT molecular complexity index is 1260. The van der Waals surface area contributed by atoms with Crippen molar-refractivity contribution in [1.29, 1.82) is 0 Å². The van der Waals surface area contributed by atoms with Gasteiger partial charge in [-0.15, -0.1) is 0 Å². The first-order valence-corrected chi connectivity index (χ1v) is 6.79. The van der Waals surface area contributed by atoms with Gasteiger partial charge in [0, 0.05) is 0 Å². The summed E-state index contributed by atoms with van der Waals surface area (Å²) >= 11 is 0. The van der Waals surface area contributed by atoms with Gasteiger partial charge in [-0.3, -0.25) is 45.3 Å². The predicted molar refractivity (Wildman–Crippen MR) is 86.6 cm³/mol. The molecule has 14 heteroatoms. The Labute approximate surface area is 144 Å². The summed E-state index contributed by atoms with van der Waals surface area (Å²) in [4.78, 5) is 52.3. The summed E-state index contributed by atoms with van der Waals surface area (Å²) in [6.07, 6.45) is 0. The van der Waals surface area contributed by atoms with Crippen LogP contribution in [0.3, 0.4) is 0 Å². The van der Waals surface area contributed by atoms with Crippen LogP contribution in [0.1, 0.15) is 0 Å². The molecule has 136 valence electrons. The number of hydrogen-bond acceptors (Lipinski definition) is 10. The standard InChI is InChI=1S/C13H4N4O10/c18-12-5-3-1-2-4-6(5)27-13-7(12)8(14(19)20)9(15(21)22)10(16(23)24)11(13)17(25)26/h1-4H. The third kappa shape index (κ3) is 2.39. The molecule has 0 saturated heterocycles. The molecule has 0 saturated carbocycles. The Balaban J connectivity index is 2.84. The summed E-state index contributed by atoms with van der Waals surface area (Å²) in [6, 6.07) is 5.14. The minimum atomic E-state index is -1.77. The molecule has 0 atom stereocenters. The molecule has 0 unspecified atom stereocenters. The van der Waals surface area contributed by atoms with Gasteiger partial charge < -0.3 is 4.42 Å². The van der Waals surface area contributed by atoms with Crippen LogP contribution in [-0.4, -0.2) is 19.7 Å². The quantitative estimate of drug-likeness (QED) is 0.369. The van der Waals surface area contributed by atoms with Crippen LogP contribution in [0.4, 0.5) is 22.7 Å². The lowest BCUT2D eigenvalue weighted by Gasteiger charge is -2.04. The second-order valence-electron chi connectivity index (χ2n) is 5.05. The maximum atomic E-state index is 12.7. The number of hydrogen-bond donors (Lipinski definition) is 0. The van der Waals surface area contributed by atoms with Gasteiger partial charge in [-0.2, -0.15) is 0 Å². The Hall–Kier alpha value is -4.49. The fourth-order valence-corrected chi connectivity index (χ4v) is 2.67. The average molecular weight is 376 g/mol. The summed E-state index contributed by atoms with van der Waals surface area (Å²) in [5.74, 6) is 0. The highest BCUT2D eigenvalue weighted by Crippen LogP contribution is 2.48. The van der Waals surface area contributed by atoms with E-state index in [1.165, 1.54) is 24.3 Å². The molecule has 0 spiro atoms. The zero-order valence-electron chi connectivity index (χ0n) is 12.7. The Morgan fingerprint density at radius 3 is 1.70 bits per heavy atom. The van der Waals surface area contributed by atoms with Crippen LogP contribution in [0.5, 0.6) is 0 Å². The fourth-order valence-electron chi connectivity index (χ4n) is 2.67. The number of nitro benzene ring substituents is 4. The molecule has 2 aromatic carbocycles. The van der Waals surface area contributed by atoms with Crippen LogP contribution in [0.25, 0.3) is 21.9 Å². The van der Waals surface area contributed by atoms with Gasteiger partial charge in [-0.1, -0.05) is 12.1 Å². The first kappa shape index (κ1) is 17.3. The van der Waals surface area contributed by atoms with Gasteiger partial charge in [0.25, 0.3) is 0 Å². The number of para-hydroxylation sites is 1. The van der Waals surface area contributed by atoms with Crippen molar-refractivity contribution in [3.05, 3.63) is 74.9 Å². The molecule has 1 aromatic heterocycles. The topological polar surface area (TPSA) is 203 Å². The zero-order chi connectivity index (χ0) is 20.0. The SMILES string of the molecule is O=c1c2ccccc2oc2c([N+](=O)[O-])c([N+](=O)[O-])c([N+](=O)[O-])c([N+](=O)[O-])c12. The summed E-state index contributed by atoms with van der Waals surface area (Å²) in [7, 11) is 0. The third-order valence-corrected chi connectivity index (χ3v) is 3.65. The zero-order valence-corrected chi connectivity index (χ0v) is 12.7. The van der Waals surface area contributed by atoms with Crippen molar-refractivity contribution >= 4 is 44.7 Å². The van der Waals surface area contributed by atoms with Crippen LogP contribution in [-0.2, 0) is 0 Å². The van der Waals surface area contributed by atoms with E-state index in [9.17, 15) is 45.3 Å². The maximum absolute atomic E-state index is 12.7. The highest BCUT2D eigenvalue weighted by molar-refractivity contribution is 6.06. The minimum Gasteiger partial charge on any atom is -0.448 e. The molecule has 3 aromatic rings. The van der Waals surface area contributed by atoms with Gasteiger partial charge in [0.15, 0.2) is 5.39 Å². The average Bonchev–Trinajstić information content (AvgIpc) is 2.59. The molecule has 0 N–H and O–H groups in total. The van der Waals surface area contributed by atoms with E-state index < -0.39 is 58.8 Å². The highest BCUT2D eigenvalue weighted by Gasteiger charge is 2.49. The van der Waals surface area contributed by atoms with Gasteiger partial charge in [0.2, 0.25) is 11.0 Å². The van der Waals surface area contributed by atoms with Gasteiger partial charge >= 0.3 is 22.7 Å². The number of nitrogens with zero attached hydrogens (tertiary/aromatic N) is 4. The molecule has 1 heterocycles. The van der Waals surface area contributed by atoms with Crippen molar-refractivity contribution < 1.29 is 24.1 Å². The van der Waals surface area contributed by atoms with E-state index in [1.54, 1.807) is 0 Å². The lowest BCUT2D eigenvalue weighted by Crippen LogP contribution is -2.11. The molecule has 0 radical (unpaired) electrons. The highest BCUT2D eigenvalue weighted by atomic mass is 16.7. The number of fused-ring (bicyclic) bond motifs is 2. The maximum Gasteiger partial charge on any atom is 0.433 e. The predicted octanol–water partition coefficient (Wildman–Crippen LogP) is 2.58. The van der Waals surface area contributed by atoms with Gasteiger partial charge in [-0.05, 0) is 12.1 Å². The number of rotatable bonds is 4. The molecule has 0 amide bonds. The molecular weight excluding hydrogens is 372 g/mol. The third-order valence-electron chi connectivity index (χ3n) is 3.65. The van der Waals surface area contributed by atoms with Crippen molar-refractivity contribution in [3.63, 3.8) is 0 Å². The van der Waals surface area contributed by atoms with Gasteiger partial charge in [-0.25, -0.2) is 0 Å². The summed E-state index contributed by atoms with van der Waals surface area (Å²) in [5, 5.41) is 44.0. The van der Waals surface area contributed by atoms with Crippen molar-refractivity contribution in [2.45, 2.75) is 0 Å². The molecule has 14 nitrogen and oxygen atoms in total. The molecule has 3 rings (SSSR count). The van der Waals surface area contributed by atoms with E-state index in [0.29, 0.717) is 0 Å². The molecule has 0 aliphatic heterocycles. The van der Waals surface area contributed by atoms with Crippen LogP contribution in [0.15, 0.2) is 33.5 Å². The lowest BCUT2D eigenvalue weighted by molar-refractivity contribution is -0.450. The molecule has 27 heavy (non-hydrogen) atoms. The van der Waals surface area contributed by atoms with Crippen LogP contribution < -0.4 is 5.43 Å². The van der Waals surface area contributed by atoms with Crippen LogP contribution >= 0.6 is 0 Å². The molecule has 0 bridgehead atoms. The first-order valence-electron chi connectivity index (χ1n) is 6.79. The molecule has 0 fully saturated rings. The number of benzene rings is 2. The van der Waals surface area contributed by atoms with E-state index >= 15 is 0 Å². The monoisotopic (exact) mass is 376 g/mol. The Morgan fingerprint density at radius 2 is 1.19 bits per heavy atom. The molecule has 0 aliphatic rings. The largest absolute Gasteiger partial charge is 0.448 e. The summed E-state index contributed by atoms with van der Waals surface area (Å²) < 4.78 is 5.16. The number of nitro groups is 4. The van der Waals surface area contributed by atoms with E-state index in [4.69, 9.17) is 4.42 Å².